The maximum Gasteiger partial charge on any atom is 0.307 e. The molecule has 0 heterocycles. The van der Waals surface area contributed by atoms with Crippen LogP contribution in [0.15, 0.2) is 41.5 Å². The Morgan fingerprint density at radius 2 is 1.67 bits per heavy atom. The molecule has 2 aliphatic rings. The van der Waals surface area contributed by atoms with Gasteiger partial charge in [0, 0.05) is 0 Å². The smallest absolute Gasteiger partial charge is 0.307 e. The van der Waals surface area contributed by atoms with E-state index in [0.717, 1.165) is 18.4 Å². The van der Waals surface area contributed by atoms with Gasteiger partial charge in [0.25, 0.3) is 0 Å². The van der Waals surface area contributed by atoms with Crippen LogP contribution in [0, 0.1) is 23.7 Å². The van der Waals surface area contributed by atoms with Crippen LogP contribution in [0.25, 0.3) is 0 Å². The van der Waals surface area contributed by atoms with E-state index in [1.165, 1.54) is 11.1 Å². The number of nitrogens with one attached hydrogen (secondary N) is 1. The maximum absolute atomic E-state index is 12.9. The first kappa shape index (κ1) is 16.7. The van der Waals surface area contributed by atoms with Gasteiger partial charge in [-0.05, 0) is 51.0 Å². The molecule has 0 aliphatic heterocycles. The molecule has 5 atom stereocenters. The summed E-state index contributed by atoms with van der Waals surface area (Å²) < 4.78 is 0. The molecular weight excluding hydrogens is 302 g/mol. The highest BCUT2D eigenvalue weighted by Crippen LogP contribution is 2.57. The Morgan fingerprint density at radius 1 is 1.08 bits per heavy atom. The van der Waals surface area contributed by atoms with E-state index in [9.17, 15) is 14.7 Å². The van der Waals surface area contributed by atoms with Crippen LogP contribution in [0.4, 0.5) is 0 Å². The molecule has 2 fully saturated rings. The molecule has 128 valence electrons. The normalized spacial score (nSPS) is 29.4. The standard InChI is InChI=1S/C20H25NO3/c1-11(2)16-14-9-10-15(16)18(20(23)24)17(14)19(22)21-12(3)13-7-5-4-6-8-13/h4-8,12,14-15,17-18H,9-10H2,1-3H3,(H,21,22)(H,23,24)/t12-,14-,15-,17+,18+/m1/s1. The average molecular weight is 327 g/mol. The summed E-state index contributed by atoms with van der Waals surface area (Å²) in [7, 11) is 0. The molecule has 4 heteroatoms. The monoisotopic (exact) mass is 327 g/mol. The molecule has 2 aliphatic carbocycles. The molecule has 1 aromatic rings. The molecule has 2 N–H and O–H groups in total. The topological polar surface area (TPSA) is 66.4 Å². The van der Waals surface area contributed by atoms with Gasteiger partial charge >= 0.3 is 5.97 Å². The number of carboxylic acids is 1. The summed E-state index contributed by atoms with van der Waals surface area (Å²) in [5, 5.41) is 12.7. The van der Waals surface area contributed by atoms with Crippen LogP contribution < -0.4 is 5.32 Å². The number of hydrogen-bond acceptors (Lipinski definition) is 2. The van der Waals surface area contributed by atoms with Crippen molar-refractivity contribution in [2.45, 2.75) is 39.7 Å². The second kappa shape index (κ2) is 6.42. The Bertz CT molecular complexity index is 675. The zero-order valence-electron chi connectivity index (χ0n) is 14.5. The van der Waals surface area contributed by atoms with Gasteiger partial charge in [0.2, 0.25) is 5.91 Å². The van der Waals surface area contributed by atoms with Crippen molar-refractivity contribution in [1.29, 1.82) is 0 Å². The second-order valence-electron chi connectivity index (χ2n) is 7.28. The van der Waals surface area contributed by atoms with Crippen LogP contribution in [0.3, 0.4) is 0 Å². The van der Waals surface area contributed by atoms with Crippen LogP contribution in [-0.4, -0.2) is 17.0 Å². The lowest BCUT2D eigenvalue weighted by atomic mass is 9.78. The third kappa shape index (κ3) is 2.74. The first-order chi connectivity index (χ1) is 11.4. The van der Waals surface area contributed by atoms with E-state index in [1.54, 1.807) is 0 Å². The van der Waals surface area contributed by atoms with Gasteiger partial charge in [-0.3, -0.25) is 9.59 Å². The van der Waals surface area contributed by atoms with E-state index < -0.39 is 17.8 Å². The third-order valence-corrected chi connectivity index (χ3v) is 5.67. The van der Waals surface area contributed by atoms with Gasteiger partial charge in [0.1, 0.15) is 0 Å². The minimum Gasteiger partial charge on any atom is -0.481 e. The maximum atomic E-state index is 12.9. The van der Waals surface area contributed by atoms with E-state index in [4.69, 9.17) is 0 Å². The van der Waals surface area contributed by atoms with E-state index in [1.807, 2.05) is 51.1 Å². The van der Waals surface area contributed by atoms with E-state index in [2.05, 4.69) is 5.32 Å². The highest BCUT2D eigenvalue weighted by Gasteiger charge is 2.57. The summed E-state index contributed by atoms with van der Waals surface area (Å²) >= 11 is 0. The van der Waals surface area contributed by atoms with Crippen LogP contribution in [-0.2, 0) is 9.59 Å². The molecule has 0 aromatic heterocycles. The molecule has 0 unspecified atom stereocenters. The summed E-state index contributed by atoms with van der Waals surface area (Å²) in [5.74, 6) is -1.88. The molecule has 24 heavy (non-hydrogen) atoms. The second-order valence-corrected chi connectivity index (χ2v) is 7.28. The molecule has 3 rings (SSSR count). The predicted molar refractivity (Wildman–Crippen MR) is 92.2 cm³/mol. The molecule has 1 amide bonds. The molecule has 4 nitrogen and oxygen atoms in total. The van der Waals surface area contributed by atoms with Crippen molar-refractivity contribution in [1.82, 2.24) is 5.32 Å². The zero-order valence-corrected chi connectivity index (χ0v) is 14.5. The van der Waals surface area contributed by atoms with Crippen molar-refractivity contribution in [2.24, 2.45) is 23.7 Å². The Kier molecular flexibility index (Phi) is 4.48. The number of amides is 1. The highest BCUT2D eigenvalue weighted by atomic mass is 16.4. The summed E-state index contributed by atoms with van der Waals surface area (Å²) in [6.45, 7) is 6.01. The number of carbonyl (C=O) groups is 2. The molecule has 1 aromatic carbocycles. The number of rotatable bonds is 4. The average Bonchev–Trinajstić information content (AvgIpc) is 3.11. The lowest BCUT2D eigenvalue weighted by molar-refractivity contribution is -0.149. The summed E-state index contributed by atoms with van der Waals surface area (Å²) in [6.07, 6.45) is 1.81. The van der Waals surface area contributed by atoms with Crippen molar-refractivity contribution in [3.05, 3.63) is 47.0 Å². The van der Waals surface area contributed by atoms with Crippen molar-refractivity contribution < 1.29 is 14.7 Å². The molecule has 0 saturated heterocycles. The molecule has 0 spiro atoms. The van der Waals surface area contributed by atoms with Gasteiger partial charge in [0.15, 0.2) is 0 Å². The lowest BCUT2D eigenvalue weighted by Crippen LogP contribution is -2.42. The number of fused-ring (bicyclic) bond motifs is 2. The number of carbonyl (C=O) groups excluding carboxylic acids is 1. The fourth-order valence-corrected chi connectivity index (χ4v) is 4.74. The van der Waals surface area contributed by atoms with Gasteiger partial charge in [-0.2, -0.15) is 0 Å². The van der Waals surface area contributed by atoms with Crippen LogP contribution in [0.5, 0.6) is 0 Å². The SMILES string of the molecule is CC(C)=C1[C@H]2CC[C@H]1[C@H](C(=O)N[C@H](C)c1ccccc1)[C@H]2C(=O)O. The fraction of sp³-hybridized carbons (Fsp3) is 0.500. The Labute approximate surface area is 143 Å². The van der Waals surface area contributed by atoms with E-state index in [0.29, 0.717) is 0 Å². The van der Waals surface area contributed by atoms with Crippen molar-refractivity contribution in [2.75, 3.05) is 0 Å². The van der Waals surface area contributed by atoms with Crippen molar-refractivity contribution in [3.8, 4) is 0 Å². The Hall–Kier alpha value is -2.10. The quantitative estimate of drug-likeness (QED) is 0.831. The number of benzene rings is 1. The summed E-state index contributed by atoms with van der Waals surface area (Å²) in [6, 6.07) is 9.65. The van der Waals surface area contributed by atoms with Gasteiger partial charge in [-0.15, -0.1) is 0 Å². The molecule has 2 saturated carbocycles. The molecular formula is C20H25NO3. The zero-order chi connectivity index (χ0) is 17.4. The lowest BCUT2D eigenvalue weighted by Gasteiger charge is -2.28. The number of allylic oxidation sites excluding steroid dienone is 2. The number of aliphatic carboxylic acids is 1. The predicted octanol–water partition coefficient (Wildman–Crippen LogP) is 3.56. The number of hydrogen-bond donors (Lipinski definition) is 2. The van der Waals surface area contributed by atoms with Gasteiger partial charge in [-0.1, -0.05) is 41.5 Å². The van der Waals surface area contributed by atoms with Gasteiger partial charge < -0.3 is 10.4 Å². The largest absolute Gasteiger partial charge is 0.481 e. The first-order valence-electron chi connectivity index (χ1n) is 8.67. The third-order valence-electron chi connectivity index (χ3n) is 5.67. The van der Waals surface area contributed by atoms with Gasteiger partial charge in [0.05, 0.1) is 17.9 Å². The minimum atomic E-state index is -0.839. The van der Waals surface area contributed by atoms with E-state index in [-0.39, 0.29) is 23.8 Å². The van der Waals surface area contributed by atoms with Gasteiger partial charge in [-0.25, -0.2) is 0 Å². The van der Waals surface area contributed by atoms with Crippen molar-refractivity contribution >= 4 is 11.9 Å². The highest BCUT2D eigenvalue weighted by molar-refractivity contribution is 5.87. The van der Waals surface area contributed by atoms with Crippen LogP contribution >= 0.6 is 0 Å². The minimum absolute atomic E-state index is 0.0280. The molecule has 0 radical (unpaired) electrons. The number of carboxylic acid groups (broad SMARTS) is 1. The Balaban J connectivity index is 1.83. The van der Waals surface area contributed by atoms with Crippen LogP contribution in [0.2, 0.25) is 0 Å². The summed E-state index contributed by atoms with van der Waals surface area (Å²) in [5.41, 5.74) is 3.43. The first-order valence-corrected chi connectivity index (χ1v) is 8.67. The van der Waals surface area contributed by atoms with Crippen molar-refractivity contribution in [3.63, 3.8) is 0 Å². The fourth-order valence-electron chi connectivity index (χ4n) is 4.74. The van der Waals surface area contributed by atoms with E-state index >= 15 is 0 Å². The summed E-state index contributed by atoms with van der Waals surface area (Å²) in [4.78, 5) is 24.7. The van der Waals surface area contributed by atoms with Crippen LogP contribution in [0.1, 0.15) is 45.2 Å². The molecule has 2 bridgehead atoms. The Morgan fingerprint density at radius 3 is 2.21 bits per heavy atom.